The minimum Gasteiger partial charge on any atom is -0.408 e. The zero-order valence-electron chi connectivity index (χ0n) is 11.1. The number of halogens is 2. The van der Waals surface area contributed by atoms with E-state index < -0.39 is 50.1 Å². The Labute approximate surface area is 126 Å². The molecule has 0 aliphatic carbocycles. The lowest BCUT2D eigenvalue weighted by molar-refractivity contribution is -0.395. The molecule has 2 aromatic rings. The van der Waals surface area contributed by atoms with Gasteiger partial charge in [0.2, 0.25) is 0 Å². The molecule has 10 heteroatoms. The van der Waals surface area contributed by atoms with Crippen LogP contribution in [0.4, 0.5) is 20.2 Å². The molecular formula is C13H6F2N2O6. The summed E-state index contributed by atoms with van der Waals surface area (Å²) in [6.45, 7) is 0. The summed E-state index contributed by atoms with van der Waals surface area (Å²) in [5.74, 6) is -5.17. The van der Waals surface area contributed by atoms with E-state index in [0.717, 1.165) is 36.4 Å². The quantitative estimate of drug-likeness (QED) is 0.370. The smallest absolute Gasteiger partial charge is 0.350 e. The predicted molar refractivity (Wildman–Crippen MR) is 71.1 cm³/mol. The van der Waals surface area contributed by atoms with E-state index >= 15 is 0 Å². The molecule has 2 rings (SSSR count). The largest absolute Gasteiger partial charge is 0.408 e. The highest BCUT2D eigenvalue weighted by molar-refractivity contribution is 5.92. The van der Waals surface area contributed by atoms with Crippen molar-refractivity contribution in [2.75, 3.05) is 0 Å². The standard InChI is InChI=1S/C13H6F2N2O6/c14-7-3-1-4-8(15)11(7)13(18)23-12-9(16(19)20)5-2-6-10(12)17(21)22/h1-6H. The summed E-state index contributed by atoms with van der Waals surface area (Å²) in [4.78, 5) is 31.6. The molecule has 2 aromatic carbocycles. The minimum atomic E-state index is -1.63. The Balaban J connectivity index is 2.53. The van der Waals surface area contributed by atoms with Crippen LogP contribution in [0.25, 0.3) is 0 Å². The number of esters is 1. The van der Waals surface area contributed by atoms with Gasteiger partial charge in [-0.05, 0) is 18.2 Å². The maximum Gasteiger partial charge on any atom is 0.350 e. The molecule has 0 atom stereocenters. The summed E-state index contributed by atoms with van der Waals surface area (Å²) in [6.07, 6.45) is 0. The Morgan fingerprint density at radius 2 is 1.35 bits per heavy atom. The van der Waals surface area contributed by atoms with E-state index in [9.17, 15) is 33.8 Å². The number of carbonyl (C=O) groups is 1. The fraction of sp³-hybridized carbons (Fsp3) is 0. The molecule has 118 valence electrons. The van der Waals surface area contributed by atoms with Crippen molar-refractivity contribution in [1.29, 1.82) is 0 Å². The number of ether oxygens (including phenoxy) is 1. The van der Waals surface area contributed by atoms with Crippen LogP contribution in [0.3, 0.4) is 0 Å². The van der Waals surface area contributed by atoms with Crippen molar-refractivity contribution in [3.05, 3.63) is 73.8 Å². The zero-order valence-corrected chi connectivity index (χ0v) is 11.1. The first-order valence-corrected chi connectivity index (χ1v) is 5.91. The van der Waals surface area contributed by atoms with Gasteiger partial charge in [-0.3, -0.25) is 20.2 Å². The topological polar surface area (TPSA) is 113 Å². The van der Waals surface area contributed by atoms with E-state index in [1.165, 1.54) is 0 Å². The van der Waals surface area contributed by atoms with Gasteiger partial charge in [-0.25, -0.2) is 13.6 Å². The van der Waals surface area contributed by atoms with Crippen LogP contribution in [0.2, 0.25) is 0 Å². The third kappa shape index (κ3) is 3.10. The van der Waals surface area contributed by atoms with Crippen molar-refractivity contribution in [3.8, 4) is 5.75 Å². The first-order valence-electron chi connectivity index (χ1n) is 5.91. The summed E-state index contributed by atoms with van der Waals surface area (Å²) < 4.78 is 31.6. The molecule has 0 fully saturated rings. The lowest BCUT2D eigenvalue weighted by atomic mass is 10.2. The average molecular weight is 324 g/mol. The van der Waals surface area contributed by atoms with Crippen molar-refractivity contribution in [2.45, 2.75) is 0 Å². The normalized spacial score (nSPS) is 10.2. The van der Waals surface area contributed by atoms with Gasteiger partial charge in [-0.2, -0.15) is 0 Å². The molecule has 0 spiro atoms. The summed E-state index contributed by atoms with van der Waals surface area (Å²) in [5, 5.41) is 21.8. The molecule has 8 nitrogen and oxygen atoms in total. The maximum absolute atomic E-state index is 13.5. The Morgan fingerprint density at radius 3 is 1.78 bits per heavy atom. The number of hydrogen-bond acceptors (Lipinski definition) is 6. The van der Waals surface area contributed by atoms with Crippen LogP contribution >= 0.6 is 0 Å². The van der Waals surface area contributed by atoms with Crippen molar-refractivity contribution in [2.24, 2.45) is 0 Å². The number of nitro groups is 2. The number of carbonyl (C=O) groups excluding carboxylic acids is 1. The third-order valence-corrected chi connectivity index (χ3v) is 2.73. The zero-order chi connectivity index (χ0) is 17.1. The molecule has 0 aliphatic rings. The molecule has 0 heterocycles. The maximum atomic E-state index is 13.5. The highest BCUT2D eigenvalue weighted by atomic mass is 19.1. The van der Waals surface area contributed by atoms with Crippen LogP contribution < -0.4 is 4.74 Å². The molecular weight excluding hydrogens is 318 g/mol. The van der Waals surface area contributed by atoms with Gasteiger partial charge >= 0.3 is 17.3 Å². The average Bonchev–Trinajstić information content (AvgIpc) is 2.46. The van der Waals surface area contributed by atoms with Crippen molar-refractivity contribution in [3.63, 3.8) is 0 Å². The van der Waals surface area contributed by atoms with E-state index in [2.05, 4.69) is 4.74 Å². The number of hydrogen-bond donors (Lipinski definition) is 0. The van der Waals surface area contributed by atoms with E-state index in [4.69, 9.17) is 0 Å². The number of nitrogens with zero attached hydrogens (tertiary/aromatic N) is 2. The second-order valence-electron chi connectivity index (χ2n) is 4.13. The summed E-state index contributed by atoms with van der Waals surface area (Å²) >= 11 is 0. The molecule has 23 heavy (non-hydrogen) atoms. The highest BCUT2D eigenvalue weighted by Gasteiger charge is 2.30. The SMILES string of the molecule is O=C(Oc1c([N+](=O)[O-])cccc1[N+](=O)[O-])c1c(F)cccc1F. The number of para-hydroxylation sites is 1. The molecule has 0 saturated heterocycles. The number of benzene rings is 2. The van der Waals surface area contributed by atoms with Gasteiger partial charge in [0.15, 0.2) is 0 Å². The van der Waals surface area contributed by atoms with Crippen molar-refractivity contribution in [1.82, 2.24) is 0 Å². The summed E-state index contributed by atoms with van der Waals surface area (Å²) in [5.41, 5.74) is -2.88. The van der Waals surface area contributed by atoms with Gasteiger partial charge in [-0.15, -0.1) is 0 Å². The Bertz CT molecular complexity index is 772. The molecule has 0 aliphatic heterocycles. The Kier molecular flexibility index (Phi) is 4.25. The van der Waals surface area contributed by atoms with Gasteiger partial charge in [0.1, 0.15) is 17.2 Å². The van der Waals surface area contributed by atoms with Gasteiger partial charge < -0.3 is 4.74 Å². The molecule has 0 N–H and O–H groups in total. The Hall–Kier alpha value is -3.43. The van der Waals surface area contributed by atoms with Crippen LogP contribution in [-0.4, -0.2) is 15.8 Å². The van der Waals surface area contributed by atoms with Crippen LogP contribution in [0.1, 0.15) is 10.4 Å². The minimum absolute atomic E-state index is 0.771. The fourth-order valence-electron chi connectivity index (χ4n) is 1.74. The van der Waals surface area contributed by atoms with E-state index in [-0.39, 0.29) is 0 Å². The second kappa shape index (κ2) is 6.13. The molecule has 0 amide bonds. The van der Waals surface area contributed by atoms with Crippen LogP contribution in [0, 0.1) is 31.9 Å². The van der Waals surface area contributed by atoms with Crippen molar-refractivity contribution >= 4 is 17.3 Å². The van der Waals surface area contributed by atoms with E-state index in [1.807, 2.05) is 0 Å². The molecule has 0 radical (unpaired) electrons. The predicted octanol–water partition coefficient (Wildman–Crippen LogP) is 3.00. The van der Waals surface area contributed by atoms with Crippen LogP contribution in [0.5, 0.6) is 5.75 Å². The monoisotopic (exact) mass is 324 g/mol. The van der Waals surface area contributed by atoms with E-state index in [0.29, 0.717) is 0 Å². The number of rotatable bonds is 4. The van der Waals surface area contributed by atoms with Gasteiger partial charge in [0.25, 0.3) is 5.75 Å². The Morgan fingerprint density at radius 1 is 0.913 bits per heavy atom. The molecule has 0 bridgehead atoms. The van der Waals surface area contributed by atoms with Gasteiger partial charge in [0.05, 0.1) is 9.85 Å². The van der Waals surface area contributed by atoms with Crippen LogP contribution in [0.15, 0.2) is 36.4 Å². The van der Waals surface area contributed by atoms with Crippen molar-refractivity contribution < 1.29 is 28.2 Å². The van der Waals surface area contributed by atoms with E-state index in [1.54, 1.807) is 0 Å². The summed E-state index contributed by atoms with van der Waals surface area (Å²) in [7, 11) is 0. The highest BCUT2D eigenvalue weighted by Crippen LogP contribution is 2.37. The molecule has 0 aromatic heterocycles. The fourth-order valence-corrected chi connectivity index (χ4v) is 1.74. The third-order valence-electron chi connectivity index (χ3n) is 2.73. The van der Waals surface area contributed by atoms with Crippen LogP contribution in [-0.2, 0) is 0 Å². The van der Waals surface area contributed by atoms with Gasteiger partial charge in [-0.1, -0.05) is 6.07 Å². The molecule has 0 saturated carbocycles. The van der Waals surface area contributed by atoms with Gasteiger partial charge in [0, 0.05) is 12.1 Å². The molecule has 0 unspecified atom stereocenters. The number of nitro benzene ring substituents is 2. The first-order chi connectivity index (χ1) is 10.8. The second-order valence-corrected chi connectivity index (χ2v) is 4.13. The lowest BCUT2D eigenvalue weighted by Gasteiger charge is -2.07. The first kappa shape index (κ1) is 15.9. The summed E-state index contributed by atoms with van der Waals surface area (Å²) in [6, 6.07) is 5.26. The lowest BCUT2D eigenvalue weighted by Crippen LogP contribution is -2.14.